The van der Waals surface area contributed by atoms with Crippen molar-refractivity contribution >= 4 is 11.9 Å². The quantitative estimate of drug-likeness (QED) is 0.382. The molecule has 0 aromatic heterocycles. The largest absolute Gasteiger partial charge is 0.465 e. The smallest absolute Gasteiger partial charge is 0.343 e. The summed E-state index contributed by atoms with van der Waals surface area (Å²) in [7, 11) is 1.33. The predicted molar refractivity (Wildman–Crippen MR) is 127 cm³/mol. The summed E-state index contributed by atoms with van der Waals surface area (Å²) in [6.07, 6.45) is 4.34. The van der Waals surface area contributed by atoms with Crippen LogP contribution in [0.2, 0.25) is 0 Å². The van der Waals surface area contributed by atoms with Crippen molar-refractivity contribution in [3.63, 3.8) is 0 Å². The van der Waals surface area contributed by atoms with E-state index in [1.807, 2.05) is 6.92 Å². The number of methoxy groups -OCH3 is 1. The summed E-state index contributed by atoms with van der Waals surface area (Å²) in [6.45, 7) is 6.26. The Balaban J connectivity index is 1.52. The fourth-order valence-corrected chi connectivity index (χ4v) is 5.91. The molecule has 2 aliphatic carbocycles. The summed E-state index contributed by atoms with van der Waals surface area (Å²) in [5.74, 6) is -0.206. The van der Waals surface area contributed by atoms with Crippen molar-refractivity contribution in [2.45, 2.75) is 51.9 Å². The van der Waals surface area contributed by atoms with E-state index in [0.29, 0.717) is 16.9 Å². The molecule has 0 saturated heterocycles. The number of fused-ring (bicyclic) bond motifs is 4. The molecular formula is C29H28O4. The van der Waals surface area contributed by atoms with Crippen molar-refractivity contribution in [1.29, 1.82) is 0 Å². The lowest BCUT2D eigenvalue weighted by Crippen LogP contribution is -2.23. The molecule has 0 bridgehead atoms. The Bertz CT molecular complexity index is 1290. The Labute approximate surface area is 194 Å². The maximum atomic E-state index is 13.0. The lowest BCUT2D eigenvalue weighted by molar-refractivity contribution is 0.0599. The van der Waals surface area contributed by atoms with E-state index in [1.54, 1.807) is 24.3 Å². The Kier molecular flexibility index (Phi) is 5.12. The van der Waals surface area contributed by atoms with Crippen LogP contribution in [0.15, 0.2) is 48.5 Å². The highest BCUT2D eigenvalue weighted by Crippen LogP contribution is 2.55. The Hall–Kier alpha value is -3.40. The molecular weight excluding hydrogens is 412 g/mol. The van der Waals surface area contributed by atoms with Gasteiger partial charge in [-0.25, -0.2) is 9.59 Å². The van der Waals surface area contributed by atoms with Gasteiger partial charge in [0.05, 0.1) is 18.2 Å². The highest BCUT2D eigenvalue weighted by Gasteiger charge is 2.46. The highest BCUT2D eigenvalue weighted by atomic mass is 16.5. The van der Waals surface area contributed by atoms with Gasteiger partial charge >= 0.3 is 11.9 Å². The van der Waals surface area contributed by atoms with Crippen LogP contribution in [0.3, 0.4) is 0 Å². The Morgan fingerprint density at radius 1 is 0.818 bits per heavy atom. The number of aryl methyl sites for hydroxylation is 4. The number of ether oxygens (including phenoxy) is 2. The molecule has 2 aliphatic rings. The Morgan fingerprint density at radius 3 is 2.12 bits per heavy atom. The van der Waals surface area contributed by atoms with Crippen LogP contribution in [-0.4, -0.2) is 19.0 Å². The molecule has 0 aliphatic heterocycles. The van der Waals surface area contributed by atoms with Gasteiger partial charge < -0.3 is 9.47 Å². The van der Waals surface area contributed by atoms with Crippen LogP contribution in [0.4, 0.5) is 0 Å². The molecule has 0 radical (unpaired) electrons. The first kappa shape index (κ1) is 21.4. The fourth-order valence-electron chi connectivity index (χ4n) is 5.91. The van der Waals surface area contributed by atoms with E-state index in [9.17, 15) is 9.59 Å². The number of benzene rings is 3. The average Bonchev–Trinajstić information content (AvgIpc) is 3.37. The van der Waals surface area contributed by atoms with Gasteiger partial charge in [-0.1, -0.05) is 29.8 Å². The molecule has 1 spiro atoms. The minimum absolute atomic E-state index is 0.0117. The number of hydrogen-bond acceptors (Lipinski definition) is 4. The number of carbonyl (C=O) groups is 2. The SMILES string of the molecule is COC(=O)c1ccc(C(=O)Oc2c(C)cc3c(c2C)C2(CCc4ccc(C)cc42)CC3)cc1. The van der Waals surface area contributed by atoms with Crippen LogP contribution in [0.5, 0.6) is 5.75 Å². The summed E-state index contributed by atoms with van der Waals surface area (Å²) in [6, 6.07) is 15.4. The van der Waals surface area contributed by atoms with E-state index in [0.717, 1.165) is 36.8 Å². The molecule has 4 nitrogen and oxygen atoms in total. The lowest BCUT2D eigenvalue weighted by Gasteiger charge is -2.29. The third-order valence-corrected chi connectivity index (χ3v) is 7.42. The zero-order valence-electron chi connectivity index (χ0n) is 19.6. The number of esters is 2. The maximum Gasteiger partial charge on any atom is 0.343 e. The molecule has 5 rings (SSSR count). The first-order valence-corrected chi connectivity index (χ1v) is 11.5. The first-order valence-electron chi connectivity index (χ1n) is 11.5. The molecule has 3 aromatic carbocycles. The van der Waals surface area contributed by atoms with Gasteiger partial charge in [0.2, 0.25) is 0 Å². The van der Waals surface area contributed by atoms with Crippen molar-refractivity contribution in [2.24, 2.45) is 0 Å². The van der Waals surface area contributed by atoms with Gasteiger partial charge in [0, 0.05) is 5.41 Å². The predicted octanol–water partition coefficient (Wildman–Crippen LogP) is 5.80. The molecule has 0 amide bonds. The summed E-state index contributed by atoms with van der Waals surface area (Å²) in [4.78, 5) is 24.7. The van der Waals surface area contributed by atoms with Crippen LogP contribution in [0.1, 0.15) is 72.5 Å². The summed E-state index contributed by atoms with van der Waals surface area (Å²) in [5.41, 5.74) is 9.76. The molecule has 1 atom stereocenters. The lowest BCUT2D eigenvalue weighted by atomic mass is 9.74. The van der Waals surface area contributed by atoms with Crippen LogP contribution in [0, 0.1) is 20.8 Å². The normalized spacial score (nSPS) is 18.2. The molecule has 168 valence electrons. The van der Waals surface area contributed by atoms with Gasteiger partial charge in [0.1, 0.15) is 5.75 Å². The average molecular weight is 441 g/mol. The number of carbonyl (C=O) groups excluding carboxylic acids is 2. The third kappa shape index (κ3) is 3.36. The highest BCUT2D eigenvalue weighted by molar-refractivity contribution is 5.94. The molecule has 0 N–H and O–H groups in total. The zero-order valence-corrected chi connectivity index (χ0v) is 19.6. The number of rotatable bonds is 3. The molecule has 0 fully saturated rings. The minimum Gasteiger partial charge on any atom is -0.465 e. The molecule has 1 unspecified atom stereocenters. The van der Waals surface area contributed by atoms with Crippen molar-refractivity contribution < 1.29 is 19.1 Å². The van der Waals surface area contributed by atoms with E-state index in [1.165, 1.54) is 34.9 Å². The van der Waals surface area contributed by atoms with E-state index in [2.05, 4.69) is 38.1 Å². The van der Waals surface area contributed by atoms with Crippen molar-refractivity contribution in [3.05, 3.63) is 98.6 Å². The van der Waals surface area contributed by atoms with E-state index < -0.39 is 11.9 Å². The summed E-state index contributed by atoms with van der Waals surface area (Å²) < 4.78 is 10.7. The van der Waals surface area contributed by atoms with Gasteiger partial charge in [0.15, 0.2) is 0 Å². The van der Waals surface area contributed by atoms with E-state index in [4.69, 9.17) is 9.47 Å². The third-order valence-electron chi connectivity index (χ3n) is 7.42. The van der Waals surface area contributed by atoms with Crippen molar-refractivity contribution in [1.82, 2.24) is 0 Å². The van der Waals surface area contributed by atoms with Crippen LogP contribution >= 0.6 is 0 Å². The second-order valence-corrected chi connectivity index (χ2v) is 9.38. The second kappa shape index (κ2) is 7.87. The second-order valence-electron chi connectivity index (χ2n) is 9.38. The molecule has 33 heavy (non-hydrogen) atoms. The molecule has 4 heteroatoms. The number of hydrogen-bond donors (Lipinski definition) is 0. The van der Waals surface area contributed by atoms with Crippen LogP contribution in [-0.2, 0) is 23.0 Å². The van der Waals surface area contributed by atoms with E-state index >= 15 is 0 Å². The van der Waals surface area contributed by atoms with Crippen molar-refractivity contribution in [2.75, 3.05) is 7.11 Å². The monoisotopic (exact) mass is 440 g/mol. The first-order chi connectivity index (χ1) is 15.8. The molecule has 0 saturated carbocycles. The Morgan fingerprint density at radius 2 is 1.45 bits per heavy atom. The van der Waals surface area contributed by atoms with Gasteiger partial charge in [-0.05, 0) is 104 Å². The van der Waals surface area contributed by atoms with Crippen LogP contribution in [0.25, 0.3) is 0 Å². The topological polar surface area (TPSA) is 52.6 Å². The van der Waals surface area contributed by atoms with Gasteiger partial charge in [-0.3, -0.25) is 0 Å². The summed E-state index contributed by atoms with van der Waals surface area (Å²) in [5, 5.41) is 0. The fraction of sp³-hybridized carbons (Fsp3) is 0.310. The van der Waals surface area contributed by atoms with Crippen LogP contribution < -0.4 is 4.74 Å². The maximum absolute atomic E-state index is 13.0. The zero-order chi connectivity index (χ0) is 23.3. The summed E-state index contributed by atoms with van der Waals surface area (Å²) >= 11 is 0. The molecule has 3 aromatic rings. The van der Waals surface area contributed by atoms with E-state index in [-0.39, 0.29) is 5.41 Å². The standard InChI is InChI=1S/C29H28O4/c1-17-5-6-20-11-13-29(24(20)15-17)14-12-23-16-18(2)26(19(3)25(23)29)33-28(31)22-9-7-21(8-10-22)27(30)32-4/h5-10,15-16H,11-14H2,1-4H3. The van der Waals surface area contributed by atoms with Gasteiger partial charge in [-0.15, -0.1) is 0 Å². The van der Waals surface area contributed by atoms with Gasteiger partial charge in [-0.2, -0.15) is 0 Å². The minimum atomic E-state index is -0.433. The van der Waals surface area contributed by atoms with Crippen molar-refractivity contribution in [3.8, 4) is 5.75 Å². The van der Waals surface area contributed by atoms with Gasteiger partial charge in [0.25, 0.3) is 0 Å². The molecule has 0 heterocycles.